The van der Waals surface area contributed by atoms with Crippen LogP contribution in [-0.2, 0) is 4.74 Å². The predicted octanol–water partition coefficient (Wildman–Crippen LogP) is 1.46. The van der Waals surface area contributed by atoms with Crippen molar-refractivity contribution in [3.05, 3.63) is 0 Å². The maximum Gasteiger partial charge on any atom is 0.317 e. The maximum absolute atomic E-state index is 11.5. The molecule has 14 heavy (non-hydrogen) atoms. The van der Waals surface area contributed by atoms with Crippen molar-refractivity contribution >= 4 is 6.03 Å². The average Bonchev–Trinajstić information content (AvgIpc) is 2.01. The Morgan fingerprint density at radius 2 is 2.00 bits per heavy atom. The molecule has 0 radical (unpaired) electrons. The van der Waals surface area contributed by atoms with E-state index in [1.807, 2.05) is 27.7 Å². The van der Waals surface area contributed by atoms with Gasteiger partial charge in [0.05, 0.1) is 6.61 Å². The molecule has 0 aliphatic carbocycles. The Hall–Kier alpha value is -0.770. The van der Waals surface area contributed by atoms with Crippen molar-refractivity contribution < 1.29 is 9.53 Å². The molecule has 0 aliphatic rings. The minimum Gasteiger partial charge on any atom is -0.380 e. The van der Waals surface area contributed by atoms with Crippen LogP contribution in [-0.4, -0.2) is 43.3 Å². The van der Waals surface area contributed by atoms with Gasteiger partial charge in [-0.05, 0) is 27.7 Å². The van der Waals surface area contributed by atoms with Crippen LogP contribution in [0.2, 0.25) is 0 Å². The van der Waals surface area contributed by atoms with E-state index >= 15 is 0 Å². The highest BCUT2D eigenvalue weighted by molar-refractivity contribution is 5.74. The highest BCUT2D eigenvalue weighted by atomic mass is 16.5. The molecule has 0 heterocycles. The van der Waals surface area contributed by atoms with E-state index in [2.05, 4.69) is 5.32 Å². The molecule has 0 saturated heterocycles. The molecule has 0 bridgehead atoms. The fraction of sp³-hybridized carbons (Fsp3) is 0.900. The molecule has 0 aromatic carbocycles. The normalized spacial score (nSPS) is 11.2. The van der Waals surface area contributed by atoms with Gasteiger partial charge in [0.2, 0.25) is 0 Å². The first kappa shape index (κ1) is 13.2. The Balaban J connectivity index is 3.77. The van der Waals surface area contributed by atoms with Crippen molar-refractivity contribution in [3.63, 3.8) is 0 Å². The largest absolute Gasteiger partial charge is 0.380 e. The van der Waals surface area contributed by atoms with Crippen molar-refractivity contribution in [2.24, 2.45) is 0 Å². The summed E-state index contributed by atoms with van der Waals surface area (Å²) < 4.78 is 5.16. The third-order valence-electron chi connectivity index (χ3n) is 1.60. The zero-order chi connectivity index (χ0) is 11.2. The molecule has 0 aliphatic heterocycles. The average molecular weight is 202 g/mol. The molecule has 0 saturated carbocycles. The number of urea groups is 1. The molecule has 0 fully saturated rings. The van der Waals surface area contributed by atoms with Gasteiger partial charge in [0.25, 0.3) is 0 Å². The van der Waals surface area contributed by atoms with Crippen LogP contribution in [0.1, 0.15) is 27.7 Å². The molecule has 0 spiro atoms. The lowest BCUT2D eigenvalue weighted by Crippen LogP contribution is -2.47. The summed E-state index contributed by atoms with van der Waals surface area (Å²) in [5.41, 5.74) is -0.184. The standard InChI is InChI=1S/C10H22N2O2/c1-6-14-8-7-12(5)9(13)11-10(2,3)4/h6-8H2,1-5H3,(H,11,13). The van der Waals surface area contributed by atoms with Crippen LogP contribution in [0, 0.1) is 0 Å². The summed E-state index contributed by atoms with van der Waals surface area (Å²) in [6.07, 6.45) is 0. The first-order chi connectivity index (χ1) is 6.37. The number of likely N-dealkylation sites (N-methyl/N-ethyl adjacent to an activating group) is 1. The number of nitrogens with one attached hydrogen (secondary N) is 1. The Morgan fingerprint density at radius 1 is 1.43 bits per heavy atom. The summed E-state index contributed by atoms with van der Waals surface area (Å²) in [7, 11) is 1.76. The molecule has 0 rings (SSSR count). The quantitative estimate of drug-likeness (QED) is 0.701. The molecule has 0 aromatic heterocycles. The third-order valence-corrected chi connectivity index (χ3v) is 1.60. The third kappa shape index (κ3) is 6.71. The van der Waals surface area contributed by atoms with E-state index in [0.29, 0.717) is 19.8 Å². The van der Waals surface area contributed by atoms with Crippen LogP contribution in [0.25, 0.3) is 0 Å². The summed E-state index contributed by atoms with van der Waals surface area (Å²) in [5.74, 6) is 0. The summed E-state index contributed by atoms with van der Waals surface area (Å²) >= 11 is 0. The predicted molar refractivity (Wildman–Crippen MR) is 57.4 cm³/mol. The summed E-state index contributed by atoms with van der Waals surface area (Å²) in [6.45, 7) is 9.72. The first-order valence-corrected chi connectivity index (χ1v) is 4.98. The molecule has 1 N–H and O–H groups in total. The maximum atomic E-state index is 11.5. The number of hydrogen-bond donors (Lipinski definition) is 1. The zero-order valence-electron chi connectivity index (χ0n) is 9.89. The Morgan fingerprint density at radius 3 is 2.43 bits per heavy atom. The van der Waals surface area contributed by atoms with Crippen molar-refractivity contribution in [2.45, 2.75) is 33.2 Å². The summed E-state index contributed by atoms with van der Waals surface area (Å²) in [4.78, 5) is 13.1. The van der Waals surface area contributed by atoms with Gasteiger partial charge < -0.3 is 15.0 Å². The van der Waals surface area contributed by atoms with Crippen LogP contribution in [0.4, 0.5) is 4.79 Å². The van der Waals surface area contributed by atoms with Crippen LogP contribution in [0.5, 0.6) is 0 Å². The highest BCUT2D eigenvalue weighted by Crippen LogP contribution is 1.99. The van der Waals surface area contributed by atoms with E-state index in [4.69, 9.17) is 4.74 Å². The second-order valence-electron chi connectivity index (χ2n) is 4.30. The lowest BCUT2D eigenvalue weighted by molar-refractivity contribution is 0.124. The van der Waals surface area contributed by atoms with Gasteiger partial charge in [-0.1, -0.05) is 0 Å². The Bertz CT molecular complexity index is 175. The van der Waals surface area contributed by atoms with E-state index in [1.165, 1.54) is 0 Å². The van der Waals surface area contributed by atoms with Crippen LogP contribution < -0.4 is 5.32 Å². The highest BCUT2D eigenvalue weighted by Gasteiger charge is 2.16. The number of carbonyl (C=O) groups is 1. The zero-order valence-corrected chi connectivity index (χ0v) is 9.89. The van der Waals surface area contributed by atoms with Crippen molar-refractivity contribution in [2.75, 3.05) is 26.8 Å². The second-order valence-corrected chi connectivity index (χ2v) is 4.30. The lowest BCUT2D eigenvalue weighted by atomic mass is 10.1. The number of ether oxygens (including phenoxy) is 1. The summed E-state index contributed by atoms with van der Waals surface area (Å²) in [5, 5.41) is 2.88. The van der Waals surface area contributed by atoms with Gasteiger partial charge in [-0.25, -0.2) is 4.79 Å². The molecule has 4 nitrogen and oxygen atoms in total. The number of rotatable bonds is 4. The van der Waals surface area contributed by atoms with E-state index in [-0.39, 0.29) is 11.6 Å². The number of amides is 2. The van der Waals surface area contributed by atoms with Crippen molar-refractivity contribution in [3.8, 4) is 0 Å². The fourth-order valence-electron chi connectivity index (χ4n) is 0.864. The lowest BCUT2D eigenvalue weighted by Gasteiger charge is -2.25. The molecule has 0 atom stereocenters. The van der Waals surface area contributed by atoms with Gasteiger partial charge in [0.1, 0.15) is 0 Å². The van der Waals surface area contributed by atoms with E-state index < -0.39 is 0 Å². The molecular weight excluding hydrogens is 180 g/mol. The van der Waals surface area contributed by atoms with Gasteiger partial charge >= 0.3 is 6.03 Å². The van der Waals surface area contributed by atoms with Crippen LogP contribution >= 0.6 is 0 Å². The fourth-order valence-corrected chi connectivity index (χ4v) is 0.864. The Kier molecular flexibility index (Phi) is 5.53. The number of hydrogen-bond acceptors (Lipinski definition) is 2. The Labute approximate surface area is 86.6 Å². The molecular formula is C10H22N2O2. The van der Waals surface area contributed by atoms with Gasteiger partial charge in [-0.2, -0.15) is 0 Å². The smallest absolute Gasteiger partial charge is 0.317 e. The SMILES string of the molecule is CCOCCN(C)C(=O)NC(C)(C)C. The van der Waals surface area contributed by atoms with Crippen LogP contribution in [0.15, 0.2) is 0 Å². The molecule has 0 unspecified atom stereocenters. The monoisotopic (exact) mass is 202 g/mol. The van der Waals surface area contributed by atoms with E-state index in [0.717, 1.165) is 0 Å². The second kappa shape index (κ2) is 5.86. The minimum absolute atomic E-state index is 0.0581. The van der Waals surface area contributed by atoms with Gasteiger partial charge in [-0.3, -0.25) is 0 Å². The minimum atomic E-state index is -0.184. The number of nitrogens with zero attached hydrogens (tertiary/aromatic N) is 1. The van der Waals surface area contributed by atoms with Crippen LogP contribution in [0.3, 0.4) is 0 Å². The summed E-state index contributed by atoms with van der Waals surface area (Å²) in [6, 6.07) is -0.0581. The molecule has 4 heteroatoms. The molecule has 2 amide bonds. The number of carbonyl (C=O) groups excluding carboxylic acids is 1. The van der Waals surface area contributed by atoms with Crippen molar-refractivity contribution in [1.82, 2.24) is 10.2 Å². The first-order valence-electron chi connectivity index (χ1n) is 4.98. The molecule has 0 aromatic rings. The van der Waals surface area contributed by atoms with E-state index in [1.54, 1.807) is 11.9 Å². The van der Waals surface area contributed by atoms with Gasteiger partial charge in [0, 0.05) is 25.7 Å². The topological polar surface area (TPSA) is 41.6 Å². The van der Waals surface area contributed by atoms with Gasteiger partial charge in [0.15, 0.2) is 0 Å². The van der Waals surface area contributed by atoms with E-state index in [9.17, 15) is 4.79 Å². The van der Waals surface area contributed by atoms with Crippen molar-refractivity contribution in [1.29, 1.82) is 0 Å². The van der Waals surface area contributed by atoms with Gasteiger partial charge in [-0.15, -0.1) is 0 Å². The molecule has 84 valence electrons.